The van der Waals surface area contributed by atoms with Gasteiger partial charge in [-0.05, 0) is 72.5 Å². The molecule has 1 fully saturated rings. The molecule has 0 spiro atoms. The van der Waals surface area contributed by atoms with Crippen LogP contribution in [0.3, 0.4) is 0 Å². The zero-order valence-electron chi connectivity index (χ0n) is 14.4. The Bertz CT molecular complexity index is 257. The first-order chi connectivity index (χ1) is 9.39. The van der Waals surface area contributed by atoms with Gasteiger partial charge in [-0.3, -0.25) is 4.90 Å². The molecule has 120 valence electrons. The molecule has 4 nitrogen and oxygen atoms in total. The molecule has 1 heterocycles. The number of hydrogen-bond donors (Lipinski definition) is 1. The Morgan fingerprint density at radius 3 is 2.15 bits per heavy atom. The Balaban J connectivity index is 2.44. The van der Waals surface area contributed by atoms with E-state index in [0.29, 0.717) is 0 Å². The Morgan fingerprint density at radius 1 is 1.10 bits per heavy atom. The number of nitrogens with two attached hydrogens (primary N) is 1. The van der Waals surface area contributed by atoms with E-state index in [0.717, 1.165) is 25.6 Å². The summed E-state index contributed by atoms with van der Waals surface area (Å²) >= 11 is 0. The maximum absolute atomic E-state index is 6.15. The van der Waals surface area contributed by atoms with E-state index < -0.39 is 0 Å². The number of rotatable bonds is 8. The first-order valence-corrected chi connectivity index (χ1v) is 8.18. The van der Waals surface area contributed by atoms with Gasteiger partial charge in [-0.1, -0.05) is 13.8 Å². The summed E-state index contributed by atoms with van der Waals surface area (Å²) in [6.07, 6.45) is 3.66. The minimum absolute atomic E-state index is 0.236. The zero-order chi connectivity index (χ0) is 15.2. The van der Waals surface area contributed by atoms with Crippen LogP contribution in [0.4, 0.5) is 0 Å². The van der Waals surface area contributed by atoms with E-state index in [1.807, 2.05) is 0 Å². The van der Waals surface area contributed by atoms with Gasteiger partial charge in [0.2, 0.25) is 0 Å². The summed E-state index contributed by atoms with van der Waals surface area (Å²) in [5, 5.41) is 0. The average molecular weight is 284 g/mol. The highest BCUT2D eigenvalue weighted by Crippen LogP contribution is 2.27. The van der Waals surface area contributed by atoms with Gasteiger partial charge in [0.05, 0.1) is 0 Å². The predicted molar refractivity (Wildman–Crippen MR) is 88.1 cm³/mol. The van der Waals surface area contributed by atoms with E-state index in [1.54, 1.807) is 0 Å². The summed E-state index contributed by atoms with van der Waals surface area (Å²) in [6, 6.07) is 0. The summed E-state index contributed by atoms with van der Waals surface area (Å²) < 4.78 is 0. The average Bonchev–Trinajstić information content (AvgIpc) is 2.38. The maximum atomic E-state index is 6.15. The lowest BCUT2D eigenvalue weighted by Crippen LogP contribution is -2.58. The second-order valence-electron chi connectivity index (χ2n) is 7.20. The molecule has 1 rings (SSSR count). The molecule has 0 amide bonds. The fraction of sp³-hybridized carbons (Fsp3) is 1.00. The van der Waals surface area contributed by atoms with Gasteiger partial charge in [0.15, 0.2) is 0 Å². The van der Waals surface area contributed by atoms with Crippen LogP contribution in [0.2, 0.25) is 0 Å². The molecular formula is C16H36N4. The fourth-order valence-electron chi connectivity index (χ4n) is 3.27. The standard InChI is InChI=1S/C16H36N4/c1-15(2)13-20-11-7-16(14-17,8-12-20)19(5)10-6-9-18(3)4/h15H,6-14,17H2,1-5H3. The van der Waals surface area contributed by atoms with E-state index in [-0.39, 0.29) is 5.54 Å². The Labute approximate surface area is 126 Å². The zero-order valence-corrected chi connectivity index (χ0v) is 14.4. The quantitative estimate of drug-likeness (QED) is 0.729. The van der Waals surface area contributed by atoms with Crippen molar-refractivity contribution in [2.45, 2.75) is 38.6 Å². The minimum Gasteiger partial charge on any atom is -0.329 e. The van der Waals surface area contributed by atoms with Gasteiger partial charge in [0, 0.05) is 18.6 Å². The smallest absolute Gasteiger partial charge is 0.0353 e. The lowest BCUT2D eigenvalue weighted by molar-refractivity contribution is 0.0397. The third-order valence-corrected chi connectivity index (χ3v) is 4.70. The number of piperidine rings is 1. The van der Waals surface area contributed by atoms with Crippen molar-refractivity contribution in [3.63, 3.8) is 0 Å². The molecule has 0 atom stereocenters. The van der Waals surface area contributed by atoms with Crippen LogP contribution in [0, 0.1) is 5.92 Å². The van der Waals surface area contributed by atoms with E-state index in [9.17, 15) is 0 Å². The lowest BCUT2D eigenvalue weighted by atomic mass is 9.85. The van der Waals surface area contributed by atoms with Crippen molar-refractivity contribution in [2.24, 2.45) is 11.7 Å². The third-order valence-electron chi connectivity index (χ3n) is 4.70. The third kappa shape index (κ3) is 5.32. The van der Waals surface area contributed by atoms with Crippen molar-refractivity contribution >= 4 is 0 Å². The fourth-order valence-corrected chi connectivity index (χ4v) is 3.27. The highest BCUT2D eigenvalue weighted by molar-refractivity contribution is 4.95. The highest BCUT2D eigenvalue weighted by Gasteiger charge is 2.36. The molecule has 4 heteroatoms. The van der Waals surface area contributed by atoms with Crippen molar-refractivity contribution in [3.05, 3.63) is 0 Å². The molecule has 0 aromatic heterocycles. The van der Waals surface area contributed by atoms with Crippen LogP contribution in [0.15, 0.2) is 0 Å². The summed E-state index contributed by atoms with van der Waals surface area (Å²) in [5.74, 6) is 0.762. The van der Waals surface area contributed by atoms with Crippen molar-refractivity contribution < 1.29 is 0 Å². The van der Waals surface area contributed by atoms with Gasteiger partial charge >= 0.3 is 0 Å². The first-order valence-electron chi connectivity index (χ1n) is 8.18. The normalized spacial score (nSPS) is 20.2. The molecule has 0 unspecified atom stereocenters. The minimum atomic E-state index is 0.236. The summed E-state index contributed by atoms with van der Waals surface area (Å²) in [4.78, 5) is 7.39. The molecule has 2 N–H and O–H groups in total. The van der Waals surface area contributed by atoms with E-state index in [1.165, 1.54) is 38.9 Å². The molecule has 0 saturated carbocycles. The van der Waals surface area contributed by atoms with E-state index >= 15 is 0 Å². The second-order valence-corrected chi connectivity index (χ2v) is 7.20. The van der Waals surface area contributed by atoms with Crippen LogP contribution in [-0.2, 0) is 0 Å². The van der Waals surface area contributed by atoms with E-state index in [2.05, 4.69) is 49.7 Å². The van der Waals surface area contributed by atoms with Gasteiger partial charge in [0.1, 0.15) is 0 Å². The molecule has 0 aliphatic carbocycles. The van der Waals surface area contributed by atoms with Gasteiger partial charge in [0.25, 0.3) is 0 Å². The van der Waals surface area contributed by atoms with Crippen molar-refractivity contribution in [1.82, 2.24) is 14.7 Å². The van der Waals surface area contributed by atoms with Gasteiger partial charge in [-0.25, -0.2) is 0 Å². The lowest BCUT2D eigenvalue weighted by Gasteiger charge is -2.47. The first kappa shape index (κ1) is 17.9. The van der Waals surface area contributed by atoms with Crippen molar-refractivity contribution in [2.75, 3.05) is 60.4 Å². The molecule has 1 saturated heterocycles. The Hall–Kier alpha value is -0.160. The topological polar surface area (TPSA) is 35.7 Å². The van der Waals surface area contributed by atoms with Crippen molar-refractivity contribution in [1.29, 1.82) is 0 Å². The number of likely N-dealkylation sites (N-methyl/N-ethyl adjacent to an activating group) is 1. The number of likely N-dealkylation sites (tertiary alicyclic amines) is 1. The summed E-state index contributed by atoms with van der Waals surface area (Å²) in [5.41, 5.74) is 6.38. The number of hydrogen-bond acceptors (Lipinski definition) is 4. The van der Waals surface area contributed by atoms with Crippen LogP contribution in [0.5, 0.6) is 0 Å². The van der Waals surface area contributed by atoms with Gasteiger partial charge in [-0.2, -0.15) is 0 Å². The van der Waals surface area contributed by atoms with Crippen LogP contribution in [0.1, 0.15) is 33.1 Å². The summed E-state index contributed by atoms with van der Waals surface area (Å²) in [7, 11) is 6.55. The van der Waals surface area contributed by atoms with Gasteiger partial charge < -0.3 is 15.5 Å². The van der Waals surface area contributed by atoms with E-state index in [4.69, 9.17) is 5.73 Å². The highest BCUT2D eigenvalue weighted by atomic mass is 15.2. The maximum Gasteiger partial charge on any atom is 0.0353 e. The number of nitrogens with zero attached hydrogens (tertiary/aromatic N) is 3. The molecule has 0 bridgehead atoms. The second kappa shape index (κ2) is 8.32. The molecule has 1 aliphatic rings. The molecular weight excluding hydrogens is 248 g/mol. The molecule has 20 heavy (non-hydrogen) atoms. The Kier molecular flexibility index (Phi) is 7.45. The SMILES string of the molecule is CC(C)CN1CCC(CN)(N(C)CCCN(C)C)CC1. The van der Waals surface area contributed by atoms with Gasteiger partial charge in [-0.15, -0.1) is 0 Å². The summed E-state index contributed by atoms with van der Waals surface area (Å²) in [6.45, 7) is 11.3. The molecule has 0 radical (unpaired) electrons. The predicted octanol–water partition coefficient (Wildman–Crippen LogP) is 1.32. The van der Waals surface area contributed by atoms with Crippen molar-refractivity contribution in [3.8, 4) is 0 Å². The molecule has 0 aromatic carbocycles. The monoisotopic (exact) mass is 284 g/mol. The van der Waals surface area contributed by atoms with Crippen LogP contribution in [-0.4, -0.2) is 80.7 Å². The van der Waals surface area contributed by atoms with Crippen LogP contribution < -0.4 is 5.73 Å². The van der Waals surface area contributed by atoms with Crippen LogP contribution >= 0.6 is 0 Å². The van der Waals surface area contributed by atoms with Crippen LogP contribution in [0.25, 0.3) is 0 Å². The molecule has 1 aliphatic heterocycles. The largest absolute Gasteiger partial charge is 0.329 e. The Morgan fingerprint density at radius 2 is 1.70 bits per heavy atom. The molecule has 0 aromatic rings.